The minimum atomic E-state index is -0.00125. The van der Waals surface area contributed by atoms with Gasteiger partial charge in [-0.1, -0.05) is 24.3 Å². The first-order valence-electron chi connectivity index (χ1n) is 10.3. The van der Waals surface area contributed by atoms with E-state index in [4.69, 9.17) is 9.47 Å². The van der Waals surface area contributed by atoms with Gasteiger partial charge < -0.3 is 14.8 Å². The fourth-order valence-corrected chi connectivity index (χ4v) is 3.97. The third-order valence-electron chi connectivity index (χ3n) is 5.60. The van der Waals surface area contributed by atoms with Gasteiger partial charge >= 0.3 is 0 Å². The van der Waals surface area contributed by atoms with Crippen molar-refractivity contribution >= 4 is 5.91 Å². The first-order valence-corrected chi connectivity index (χ1v) is 10.3. The number of ether oxygens (including phenoxy) is 2. The summed E-state index contributed by atoms with van der Waals surface area (Å²) in [4.78, 5) is 14.6. The van der Waals surface area contributed by atoms with Crippen LogP contribution >= 0.6 is 0 Å². The fraction of sp³-hybridized carbons (Fsp3) is 0.458. The van der Waals surface area contributed by atoms with Gasteiger partial charge in [0.1, 0.15) is 11.5 Å². The maximum atomic E-state index is 12.6. The molecule has 1 unspecified atom stereocenters. The van der Waals surface area contributed by atoms with Crippen LogP contribution in [0.25, 0.3) is 0 Å². The predicted octanol–water partition coefficient (Wildman–Crippen LogP) is 3.89. The van der Waals surface area contributed by atoms with Crippen molar-refractivity contribution in [2.45, 2.75) is 45.2 Å². The van der Waals surface area contributed by atoms with Gasteiger partial charge in [0, 0.05) is 18.2 Å². The number of nitrogens with one attached hydrogen (secondary N) is 1. The van der Waals surface area contributed by atoms with E-state index in [-0.39, 0.29) is 11.9 Å². The smallest absolute Gasteiger partial charge is 0.234 e. The first kappa shape index (κ1) is 21.2. The molecule has 1 amide bonds. The van der Waals surface area contributed by atoms with Crippen LogP contribution in [0.5, 0.6) is 11.5 Å². The van der Waals surface area contributed by atoms with Gasteiger partial charge in [-0.25, -0.2) is 0 Å². The summed E-state index contributed by atoms with van der Waals surface area (Å²) in [5.74, 6) is 1.54. The number of carbonyl (C=O) groups is 1. The molecule has 0 saturated heterocycles. The molecule has 1 aliphatic rings. The van der Waals surface area contributed by atoms with Gasteiger partial charge in [-0.15, -0.1) is 0 Å². The molecule has 5 heteroatoms. The summed E-state index contributed by atoms with van der Waals surface area (Å²) in [6.07, 6.45) is 4.87. The van der Waals surface area contributed by atoms with Crippen LogP contribution in [0, 0.1) is 0 Å². The van der Waals surface area contributed by atoms with E-state index < -0.39 is 0 Å². The molecule has 2 aromatic carbocycles. The maximum absolute atomic E-state index is 12.6. The van der Waals surface area contributed by atoms with Crippen molar-refractivity contribution in [3.63, 3.8) is 0 Å². The molecular weight excluding hydrogens is 364 g/mol. The van der Waals surface area contributed by atoms with Crippen LogP contribution in [0.2, 0.25) is 0 Å². The van der Waals surface area contributed by atoms with Crippen LogP contribution < -0.4 is 14.8 Å². The molecule has 0 spiro atoms. The number of hydrogen-bond donors (Lipinski definition) is 1. The van der Waals surface area contributed by atoms with Gasteiger partial charge in [0.15, 0.2) is 0 Å². The Balaban J connectivity index is 1.56. The molecule has 0 aromatic heterocycles. The number of amides is 1. The monoisotopic (exact) mass is 396 g/mol. The molecule has 0 aliphatic heterocycles. The van der Waals surface area contributed by atoms with Crippen LogP contribution in [0.15, 0.2) is 36.4 Å². The Morgan fingerprint density at radius 3 is 2.55 bits per heavy atom. The highest BCUT2D eigenvalue weighted by atomic mass is 16.5. The lowest BCUT2D eigenvalue weighted by atomic mass is 9.89. The Bertz CT molecular complexity index is 850. The van der Waals surface area contributed by atoms with Crippen molar-refractivity contribution in [1.82, 2.24) is 10.2 Å². The largest absolute Gasteiger partial charge is 0.497 e. The summed E-state index contributed by atoms with van der Waals surface area (Å²) in [7, 11) is 5.21. The topological polar surface area (TPSA) is 50.8 Å². The second-order valence-corrected chi connectivity index (χ2v) is 7.87. The minimum absolute atomic E-state index is 0.00125. The number of carbonyl (C=O) groups excluding carboxylic acids is 1. The van der Waals surface area contributed by atoms with E-state index in [1.807, 2.05) is 30.1 Å². The highest BCUT2D eigenvalue weighted by Gasteiger charge is 2.16. The maximum Gasteiger partial charge on any atom is 0.234 e. The Kier molecular flexibility index (Phi) is 7.15. The van der Waals surface area contributed by atoms with E-state index in [9.17, 15) is 4.79 Å². The standard InChI is InChI=1S/C24H32N2O3/c1-17(19-10-9-18-7-5-6-8-20(18)13-19)25-24(27)16-26(2)15-21-11-12-22(28-3)14-23(21)29-4/h9-14,17H,5-8,15-16H2,1-4H3,(H,25,27). The third kappa shape index (κ3) is 5.51. The average Bonchev–Trinajstić information content (AvgIpc) is 2.73. The molecule has 1 atom stereocenters. The molecule has 0 saturated carbocycles. The van der Waals surface area contributed by atoms with Crippen LogP contribution in [0.1, 0.15) is 48.1 Å². The van der Waals surface area contributed by atoms with Crippen LogP contribution in [-0.2, 0) is 24.2 Å². The number of hydrogen-bond acceptors (Lipinski definition) is 4. The summed E-state index contributed by atoms with van der Waals surface area (Å²) in [6.45, 7) is 2.99. The number of likely N-dealkylation sites (N-methyl/N-ethyl adjacent to an activating group) is 1. The molecule has 2 aromatic rings. The molecule has 1 N–H and O–H groups in total. The first-order chi connectivity index (χ1) is 14.0. The lowest BCUT2D eigenvalue weighted by Gasteiger charge is -2.22. The highest BCUT2D eigenvalue weighted by molar-refractivity contribution is 5.78. The Hall–Kier alpha value is -2.53. The lowest BCUT2D eigenvalue weighted by Crippen LogP contribution is -2.36. The van der Waals surface area contributed by atoms with Gasteiger partial charge in [-0.05, 0) is 62.4 Å². The van der Waals surface area contributed by atoms with Gasteiger partial charge in [-0.3, -0.25) is 9.69 Å². The van der Waals surface area contributed by atoms with Gasteiger partial charge in [0.25, 0.3) is 0 Å². The molecule has 0 bridgehead atoms. The third-order valence-corrected chi connectivity index (χ3v) is 5.60. The summed E-state index contributed by atoms with van der Waals surface area (Å²) >= 11 is 0. The fourth-order valence-electron chi connectivity index (χ4n) is 3.97. The predicted molar refractivity (Wildman–Crippen MR) is 116 cm³/mol. The number of aryl methyl sites for hydroxylation is 2. The SMILES string of the molecule is COc1ccc(CN(C)CC(=O)NC(C)c2ccc3c(c2)CCCC3)c(OC)c1. The van der Waals surface area contributed by atoms with Crippen molar-refractivity contribution in [1.29, 1.82) is 0 Å². The molecule has 1 aliphatic carbocycles. The second-order valence-electron chi connectivity index (χ2n) is 7.87. The number of methoxy groups -OCH3 is 2. The number of rotatable bonds is 8. The Morgan fingerprint density at radius 1 is 1.07 bits per heavy atom. The Morgan fingerprint density at radius 2 is 1.83 bits per heavy atom. The molecule has 29 heavy (non-hydrogen) atoms. The van der Waals surface area contributed by atoms with Crippen LogP contribution in [-0.4, -0.2) is 38.6 Å². The van der Waals surface area contributed by atoms with E-state index in [1.165, 1.54) is 36.0 Å². The number of fused-ring (bicyclic) bond motifs is 1. The summed E-state index contributed by atoms with van der Waals surface area (Å²) in [5, 5.41) is 3.13. The molecule has 5 nitrogen and oxygen atoms in total. The zero-order valence-corrected chi connectivity index (χ0v) is 18.0. The summed E-state index contributed by atoms with van der Waals surface area (Å²) in [6, 6.07) is 12.4. The summed E-state index contributed by atoms with van der Waals surface area (Å²) < 4.78 is 10.7. The van der Waals surface area contributed by atoms with Crippen LogP contribution in [0.3, 0.4) is 0 Å². The van der Waals surface area contributed by atoms with Crippen molar-refractivity contribution in [2.75, 3.05) is 27.8 Å². The molecule has 0 radical (unpaired) electrons. The van der Waals surface area contributed by atoms with Gasteiger partial charge in [0.05, 0.1) is 26.8 Å². The van der Waals surface area contributed by atoms with Crippen molar-refractivity contribution in [3.05, 3.63) is 58.7 Å². The number of nitrogens with zero attached hydrogens (tertiary/aromatic N) is 1. The molecule has 0 fully saturated rings. The zero-order chi connectivity index (χ0) is 20.8. The molecule has 156 valence electrons. The normalized spacial score (nSPS) is 14.2. The van der Waals surface area contributed by atoms with Gasteiger partial charge in [-0.2, -0.15) is 0 Å². The van der Waals surface area contributed by atoms with Crippen molar-refractivity contribution < 1.29 is 14.3 Å². The van der Waals surface area contributed by atoms with E-state index in [0.717, 1.165) is 23.5 Å². The quantitative estimate of drug-likeness (QED) is 0.735. The zero-order valence-electron chi connectivity index (χ0n) is 18.0. The average molecular weight is 397 g/mol. The number of benzene rings is 2. The van der Waals surface area contributed by atoms with Crippen molar-refractivity contribution in [2.24, 2.45) is 0 Å². The molecule has 3 rings (SSSR count). The van der Waals surface area contributed by atoms with E-state index in [0.29, 0.717) is 13.1 Å². The van der Waals surface area contributed by atoms with Gasteiger partial charge in [0.2, 0.25) is 5.91 Å². The van der Waals surface area contributed by atoms with Crippen molar-refractivity contribution in [3.8, 4) is 11.5 Å². The molecular formula is C24H32N2O3. The highest BCUT2D eigenvalue weighted by Crippen LogP contribution is 2.26. The minimum Gasteiger partial charge on any atom is -0.497 e. The molecule has 0 heterocycles. The van der Waals surface area contributed by atoms with Crippen LogP contribution in [0.4, 0.5) is 0 Å². The van der Waals surface area contributed by atoms with E-state index in [2.05, 4.69) is 30.4 Å². The lowest BCUT2D eigenvalue weighted by molar-refractivity contribution is -0.122. The Labute approximate surface area is 174 Å². The second kappa shape index (κ2) is 9.79. The van der Waals surface area contributed by atoms with E-state index in [1.54, 1.807) is 14.2 Å². The summed E-state index contributed by atoms with van der Waals surface area (Å²) in [5.41, 5.74) is 5.11. The van der Waals surface area contributed by atoms with E-state index >= 15 is 0 Å².